The molecule has 1 spiro atoms. The molecule has 0 fully saturated rings. The molecule has 0 saturated heterocycles. The molecule has 0 radical (unpaired) electrons. The molecule has 4 aromatic rings. The molecule has 1 nitrogen and oxygen atoms in total. The normalized spacial score (nSPS) is 14.7. The van der Waals surface area contributed by atoms with E-state index in [1.807, 2.05) is 18.3 Å². The van der Waals surface area contributed by atoms with Crippen molar-refractivity contribution in [2.45, 2.75) is 5.41 Å². The van der Waals surface area contributed by atoms with E-state index in [4.69, 9.17) is 16.6 Å². The summed E-state index contributed by atoms with van der Waals surface area (Å²) in [5, 5.41) is 0.762. The van der Waals surface area contributed by atoms with Gasteiger partial charge in [0.15, 0.2) is 0 Å². The van der Waals surface area contributed by atoms with Crippen LogP contribution in [0.2, 0.25) is 5.02 Å². The van der Waals surface area contributed by atoms with Crippen molar-refractivity contribution in [3.05, 3.63) is 112 Å². The Morgan fingerprint density at radius 2 is 1.23 bits per heavy atom. The van der Waals surface area contributed by atoms with Crippen LogP contribution in [0.3, 0.4) is 0 Å². The molecule has 0 amide bonds. The van der Waals surface area contributed by atoms with Gasteiger partial charge in [-0.25, -0.2) is 0 Å². The summed E-state index contributed by atoms with van der Waals surface area (Å²) in [7, 11) is 0. The van der Waals surface area contributed by atoms with Crippen molar-refractivity contribution < 1.29 is 0 Å². The van der Waals surface area contributed by atoms with E-state index in [0.29, 0.717) is 0 Å². The van der Waals surface area contributed by atoms with Gasteiger partial charge in [-0.3, -0.25) is 4.98 Å². The van der Waals surface area contributed by atoms with Crippen molar-refractivity contribution in [1.82, 2.24) is 4.98 Å². The number of nitrogens with zero attached hydrogens (tertiary/aromatic N) is 1. The van der Waals surface area contributed by atoms with E-state index in [0.717, 1.165) is 10.7 Å². The van der Waals surface area contributed by atoms with Crippen LogP contribution in [0, 0.1) is 0 Å². The molecule has 122 valence electrons. The molecular formula is C24H14ClN. The minimum atomic E-state index is -0.385. The highest BCUT2D eigenvalue weighted by Crippen LogP contribution is 2.62. The lowest BCUT2D eigenvalue weighted by Crippen LogP contribution is -2.26. The second-order valence-electron chi connectivity index (χ2n) is 6.93. The monoisotopic (exact) mass is 351 g/mol. The second-order valence-corrected chi connectivity index (χ2v) is 7.37. The maximum atomic E-state index is 6.46. The number of halogens is 1. The molecule has 2 aliphatic carbocycles. The Bertz CT molecular complexity index is 1140. The van der Waals surface area contributed by atoms with Gasteiger partial charge in [-0.15, -0.1) is 0 Å². The first-order chi connectivity index (χ1) is 12.8. The number of benzene rings is 3. The third-order valence-electron chi connectivity index (χ3n) is 5.79. The Morgan fingerprint density at radius 3 is 1.96 bits per heavy atom. The van der Waals surface area contributed by atoms with Crippen molar-refractivity contribution in [3.8, 4) is 22.3 Å². The average Bonchev–Trinajstić information content (AvgIpc) is 3.15. The lowest BCUT2D eigenvalue weighted by molar-refractivity contribution is 0.760. The number of rotatable bonds is 0. The van der Waals surface area contributed by atoms with Crippen LogP contribution in [0.5, 0.6) is 0 Å². The van der Waals surface area contributed by atoms with Crippen molar-refractivity contribution in [3.63, 3.8) is 0 Å². The highest BCUT2D eigenvalue weighted by Gasteiger charge is 2.52. The zero-order valence-corrected chi connectivity index (χ0v) is 14.7. The Hall–Kier alpha value is -2.90. The topological polar surface area (TPSA) is 12.9 Å². The van der Waals surface area contributed by atoms with E-state index in [9.17, 15) is 0 Å². The Labute approximate surface area is 156 Å². The highest BCUT2D eigenvalue weighted by molar-refractivity contribution is 6.30. The Kier molecular flexibility index (Phi) is 2.66. The van der Waals surface area contributed by atoms with Crippen LogP contribution in [-0.2, 0) is 5.41 Å². The van der Waals surface area contributed by atoms with Crippen LogP contribution in [-0.4, -0.2) is 4.98 Å². The maximum absolute atomic E-state index is 6.46. The van der Waals surface area contributed by atoms with Gasteiger partial charge in [0.25, 0.3) is 0 Å². The molecule has 2 aliphatic rings. The quantitative estimate of drug-likeness (QED) is 0.323. The molecule has 1 heterocycles. The van der Waals surface area contributed by atoms with Crippen LogP contribution in [0.1, 0.15) is 22.4 Å². The van der Waals surface area contributed by atoms with Crippen molar-refractivity contribution in [1.29, 1.82) is 0 Å². The van der Waals surface area contributed by atoms with Crippen molar-refractivity contribution in [2.75, 3.05) is 0 Å². The molecule has 0 saturated carbocycles. The van der Waals surface area contributed by atoms with E-state index in [1.165, 1.54) is 38.9 Å². The molecule has 0 unspecified atom stereocenters. The summed E-state index contributed by atoms with van der Waals surface area (Å²) < 4.78 is 0. The minimum absolute atomic E-state index is 0.385. The second kappa shape index (κ2) is 4.84. The molecular weight excluding hydrogens is 338 g/mol. The van der Waals surface area contributed by atoms with Crippen LogP contribution in [0.4, 0.5) is 0 Å². The maximum Gasteiger partial charge on any atom is 0.0898 e. The van der Waals surface area contributed by atoms with Gasteiger partial charge in [0.2, 0.25) is 0 Å². The first-order valence-corrected chi connectivity index (χ1v) is 9.15. The van der Waals surface area contributed by atoms with Crippen LogP contribution < -0.4 is 0 Å². The SMILES string of the molecule is Clc1ccc2c(c1)C1(c3ccccc3-c3ccccc31)c1ncccc1-2. The predicted molar refractivity (Wildman–Crippen MR) is 106 cm³/mol. The van der Waals surface area contributed by atoms with Gasteiger partial charge in [0, 0.05) is 16.8 Å². The fourth-order valence-electron chi connectivity index (χ4n) is 4.89. The van der Waals surface area contributed by atoms with Gasteiger partial charge in [-0.2, -0.15) is 0 Å². The molecule has 3 aromatic carbocycles. The summed E-state index contributed by atoms with van der Waals surface area (Å²) in [6.45, 7) is 0. The molecule has 26 heavy (non-hydrogen) atoms. The Morgan fingerprint density at radius 1 is 0.615 bits per heavy atom. The van der Waals surface area contributed by atoms with Gasteiger partial charge >= 0.3 is 0 Å². The van der Waals surface area contributed by atoms with Gasteiger partial charge in [-0.05, 0) is 51.6 Å². The Balaban J connectivity index is 1.88. The first kappa shape index (κ1) is 14.3. The van der Waals surface area contributed by atoms with E-state index in [2.05, 4.69) is 66.7 Å². The van der Waals surface area contributed by atoms with E-state index < -0.39 is 0 Å². The zero-order valence-electron chi connectivity index (χ0n) is 13.9. The number of hydrogen-bond acceptors (Lipinski definition) is 1. The largest absolute Gasteiger partial charge is 0.259 e. The third-order valence-corrected chi connectivity index (χ3v) is 6.03. The lowest BCUT2D eigenvalue weighted by Gasteiger charge is -2.29. The summed E-state index contributed by atoms with van der Waals surface area (Å²) in [5.74, 6) is 0. The van der Waals surface area contributed by atoms with Crippen LogP contribution in [0.25, 0.3) is 22.3 Å². The molecule has 0 atom stereocenters. The number of aromatic nitrogens is 1. The number of hydrogen-bond donors (Lipinski definition) is 0. The standard InChI is InChI=1S/C24H14ClN/c25-15-11-12-18-19-8-5-13-26-23(19)24(22(18)14-15)20-9-3-1-6-16(20)17-7-2-4-10-21(17)24/h1-14H. The average molecular weight is 352 g/mol. The summed E-state index contributed by atoms with van der Waals surface area (Å²) in [6.07, 6.45) is 1.90. The summed E-state index contributed by atoms with van der Waals surface area (Å²) >= 11 is 6.46. The smallest absolute Gasteiger partial charge is 0.0898 e. The highest BCUT2D eigenvalue weighted by atomic mass is 35.5. The third kappa shape index (κ3) is 1.51. The van der Waals surface area contributed by atoms with Crippen LogP contribution >= 0.6 is 11.6 Å². The number of pyridine rings is 1. The lowest BCUT2D eigenvalue weighted by atomic mass is 9.72. The summed E-state index contributed by atoms with van der Waals surface area (Å²) in [6, 6.07) is 27.8. The fraction of sp³-hybridized carbons (Fsp3) is 0.0417. The van der Waals surface area contributed by atoms with E-state index in [1.54, 1.807) is 0 Å². The van der Waals surface area contributed by atoms with Gasteiger partial charge in [-0.1, -0.05) is 72.3 Å². The summed E-state index contributed by atoms with van der Waals surface area (Å²) in [4.78, 5) is 4.89. The van der Waals surface area contributed by atoms with Gasteiger partial charge < -0.3 is 0 Å². The zero-order chi connectivity index (χ0) is 17.3. The predicted octanol–water partition coefficient (Wildman–Crippen LogP) is 6.08. The number of fused-ring (bicyclic) bond motifs is 10. The van der Waals surface area contributed by atoms with Crippen molar-refractivity contribution >= 4 is 11.6 Å². The summed E-state index contributed by atoms with van der Waals surface area (Å²) in [5.41, 5.74) is 9.54. The molecule has 0 N–H and O–H groups in total. The molecule has 0 aliphatic heterocycles. The fourth-order valence-corrected chi connectivity index (χ4v) is 5.06. The van der Waals surface area contributed by atoms with Gasteiger partial charge in [0.05, 0.1) is 11.1 Å². The molecule has 6 rings (SSSR count). The minimum Gasteiger partial charge on any atom is -0.259 e. The van der Waals surface area contributed by atoms with Crippen molar-refractivity contribution in [2.24, 2.45) is 0 Å². The molecule has 0 bridgehead atoms. The molecule has 2 heteroatoms. The first-order valence-electron chi connectivity index (χ1n) is 8.77. The van der Waals surface area contributed by atoms with Crippen LogP contribution in [0.15, 0.2) is 85.1 Å². The van der Waals surface area contributed by atoms with Gasteiger partial charge in [0.1, 0.15) is 0 Å². The molecule has 1 aromatic heterocycles. The van der Waals surface area contributed by atoms with E-state index in [-0.39, 0.29) is 5.41 Å². The van der Waals surface area contributed by atoms with E-state index >= 15 is 0 Å².